The Labute approximate surface area is 254 Å². The first-order valence-corrected chi connectivity index (χ1v) is 23.0. The molecule has 1 rings (SSSR count). The van der Waals surface area contributed by atoms with Crippen molar-refractivity contribution in [3.8, 4) is 0 Å². The first-order chi connectivity index (χ1) is 18.6. The van der Waals surface area contributed by atoms with Gasteiger partial charge in [-0.1, -0.05) is 119 Å². The van der Waals surface area contributed by atoms with Crippen LogP contribution in [0.1, 0.15) is 151 Å². The lowest BCUT2D eigenvalue weighted by molar-refractivity contribution is -0.0714. The van der Waals surface area contributed by atoms with E-state index in [0.29, 0.717) is 0 Å². The quantitative estimate of drug-likeness (QED) is 0.0749. The van der Waals surface area contributed by atoms with Crippen molar-refractivity contribution < 1.29 is 13.6 Å². The zero-order valence-corrected chi connectivity index (χ0v) is 31.1. The second-order valence-corrected chi connectivity index (χ2v) is 25.3. The number of hydrogen-bond donors (Lipinski definition) is 0. The summed E-state index contributed by atoms with van der Waals surface area (Å²) in [4.78, 5) is 0. The number of unbranched alkanes of at least 4 members (excludes halogenated alkanes) is 10. The van der Waals surface area contributed by atoms with Gasteiger partial charge >= 0.3 is 0 Å². The lowest BCUT2D eigenvalue weighted by atomic mass is 10.0. The molecule has 0 aromatic carbocycles. The Bertz CT molecular complexity index is 677. The van der Waals surface area contributed by atoms with Gasteiger partial charge in [-0.05, 0) is 74.8 Å². The van der Waals surface area contributed by atoms with Gasteiger partial charge in [0.1, 0.15) is 0 Å². The summed E-state index contributed by atoms with van der Waals surface area (Å²) in [6.07, 6.45) is 23.1. The van der Waals surface area contributed by atoms with E-state index in [1.165, 1.54) is 64.2 Å². The summed E-state index contributed by atoms with van der Waals surface area (Å²) in [7, 11) is -3.77. The van der Waals surface area contributed by atoms with Crippen LogP contribution >= 0.6 is 0 Å². The summed E-state index contributed by atoms with van der Waals surface area (Å²) in [6.45, 7) is 29.9. The molecular formula is C35H72O3Si2. The molecule has 1 aliphatic heterocycles. The highest BCUT2D eigenvalue weighted by molar-refractivity contribution is 6.74. The molecule has 1 aliphatic rings. The lowest BCUT2D eigenvalue weighted by Gasteiger charge is -2.42. The van der Waals surface area contributed by atoms with Gasteiger partial charge in [-0.15, -0.1) is 6.58 Å². The monoisotopic (exact) mass is 597 g/mol. The fraction of sp³-hybridized carbons (Fsp3) is 0.943. The van der Waals surface area contributed by atoms with Crippen molar-refractivity contribution >= 4 is 16.6 Å². The molecule has 0 spiro atoms. The van der Waals surface area contributed by atoms with Crippen molar-refractivity contribution in [2.75, 3.05) is 0 Å². The van der Waals surface area contributed by atoms with Crippen LogP contribution in [-0.4, -0.2) is 41.1 Å². The average Bonchev–Trinajstić information content (AvgIpc) is 3.32. The zero-order chi connectivity index (χ0) is 30.5. The first kappa shape index (κ1) is 38.1. The molecule has 238 valence electrons. The van der Waals surface area contributed by atoms with Crippen LogP contribution in [0, 0.1) is 0 Å². The standard InChI is InChI=1S/C35H72O3Si2/c1-13-15-17-18-19-20-21-22-23-25-27-33(38-40(11,12)35(6,7)8)31-29-28-30(36-31)32(26-24-16-14-2)37-39(9,10)34(3,4)5/h14,30-33H,2,13,15-29H2,1,3-12H3/t30-,31-,32-,33-/m1/s1. The molecule has 0 aliphatic carbocycles. The van der Waals surface area contributed by atoms with E-state index < -0.39 is 16.6 Å². The third-order valence-electron chi connectivity index (χ3n) is 10.2. The van der Waals surface area contributed by atoms with Gasteiger partial charge in [0.15, 0.2) is 16.6 Å². The maximum atomic E-state index is 7.12. The van der Waals surface area contributed by atoms with Gasteiger partial charge < -0.3 is 13.6 Å². The molecule has 0 aromatic rings. The molecule has 0 amide bonds. The van der Waals surface area contributed by atoms with Gasteiger partial charge in [0.2, 0.25) is 0 Å². The molecule has 4 atom stereocenters. The molecule has 1 saturated heterocycles. The van der Waals surface area contributed by atoms with Crippen molar-refractivity contribution in [2.45, 2.75) is 212 Å². The van der Waals surface area contributed by atoms with E-state index in [-0.39, 0.29) is 34.5 Å². The molecule has 40 heavy (non-hydrogen) atoms. The summed E-state index contributed by atoms with van der Waals surface area (Å²) in [6, 6.07) is 0. The second kappa shape index (κ2) is 18.0. The van der Waals surface area contributed by atoms with E-state index in [9.17, 15) is 0 Å². The number of allylic oxidation sites excluding steroid dienone is 1. The van der Waals surface area contributed by atoms with E-state index >= 15 is 0 Å². The van der Waals surface area contributed by atoms with Crippen molar-refractivity contribution in [1.82, 2.24) is 0 Å². The zero-order valence-electron chi connectivity index (χ0n) is 29.1. The average molecular weight is 597 g/mol. The number of hydrogen-bond acceptors (Lipinski definition) is 3. The largest absolute Gasteiger partial charge is 0.411 e. The Morgan fingerprint density at radius 1 is 0.675 bits per heavy atom. The molecule has 0 radical (unpaired) electrons. The van der Waals surface area contributed by atoms with Gasteiger partial charge in [-0.3, -0.25) is 0 Å². The van der Waals surface area contributed by atoms with Crippen LogP contribution in [0.5, 0.6) is 0 Å². The molecule has 1 heterocycles. The maximum absolute atomic E-state index is 7.12. The number of rotatable bonds is 21. The predicted octanol–water partition coefficient (Wildman–Crippen LogP) is 12.0. The molecule has 0 N–H and O–H groups in total. The van der Waals surface area contributed by atoms with Crippen molar-refractivity contribution in [3.63, 3.8) is 0 Å². The van der Waals surface area contributed by atoms with E-state index in [4.69, 9.17) is 13.6 Å². The molecule has 3 nitrogen and oxygen atoms in total. The van der Waals surface area contributed by atoms with Gasteiger partial charge in [-0.2, -0.15) is 0 Å². The Balaban J connectivity index is 2.82. The Kier molecular flexibility index (Phi) is 17.1. The van der Waals surface area contributed by atoms with Crippen LogP contribution < -0.4 is 0 Å². The molecule has 0 unspecified atom stereocenters. The Hall–Kier alpha value is 0.0538. The minimum Gasteiger partial charge on any atom is -0.411 e. The molecule has 0 bridgehead atoms. The summed E-state index contributed by atoms with van der Waals surface area (Å²) in [5.74, 6) is 0. The summed E-state index contributed by atoms with van der Waals surface area (Å²) in [5.41, 5.74) is 0. The van der Waals surface area contributed by atoms with Crippen molar-refractivity contribution in [1.29, 1.82) is 0 Å². The maximum Gasteiger partial charge on any atom is 0.192 e. The van der Waals surface area contributed by atoms with E-state index in [1.54, 1.807) is 0 Å². The SMILES string of the molecule is C=CCCC[C@@H](O[Si](C)(C)C(C)(C)C)[C@H]1CC[C@H]([C@@H](CCCCCCCCCCCC)O[Si](C)(C)C(C)(C)C)O1. The van der Waals surface area contributed by atoms with Gasteiger partial charge in [-0.25, -0.2) is 0 Å². The van der Waals surface area contributed by atoms with Crippen LogP contribution in [-0.2, 0) is 13.6 Å². The smallest absolute Gasteiger partial charge is 0.192 e. The topological polar surface area (TPSA) is 27.7 Å². The molecule has 0 saturated carbocycles. The third kappa shape index (κ3) is 13.6. The van der Waals surface area contributed by atoms with Crippen molar-refractivity contribution in [3.05, 3.63) is 12.7 Å². The highest BCUT2D eigenvalue weighted by Crippen LogP contribution is 2.42. The normalized spacial score (nSPS) is 20.6. The highest BCUT2D eigenvalue weighted by Gasteiger charge is 2.45. The second-order valence-electron chi connectivity index (χ2n) is 15.8. The van der Waals surface area contributed by atoms with Gasteiger partial charge in [0.25, 0.3) is 0 Å². The van der Waals surface area contributed by atoms with Gasteiger partial charge in [0, 0.05) is 0 Å². The van der Waals surface area contributed by atoms with E-state index in [1.807, 2.05) is 6.08 Å². The fourth-order valence-electron chi connectivity index (χ4n) is 5.28. The lowest BCUT2D eigenvalue weighted by Crippen LogP contribution is -2.48. The Morgan fingerprint density at radius 2 is 1.05 bits per heavy atom. The molecule has 5 heteroatoms. The van der Waals surface area contributed by atoms with Crippen LogP contribution in [0.3, 0.4) is 0 Å². The highest BCUT2D eigenvalue weighted by atomic mass is 28.4. The molecule has 0 aromatic heterocycles. The van der Waals surface area contributed by atoms with E-state index in [2.05, 4.69) is 81.2 Å². The Morgan fingerprint density at radius 3 is 1.43 bits per heavy atom. The summed E-state index contributed by atoms with van der Waals surface area (Å²) < 4.78 is 21.1. The minimum absolute atomic E-state index is 0.177. The van der Waals surface area contributed by atoms with Crippen LogP contribution in [0.25, 0.3) is 0 Å². The van der Waals surface area contributed by atoms with Crippen molar-refractivity contribution in [2.24, 2.45) is 0 Å². The van der Waals surface area contributed by atoms with Crippen LogP contribution in [0.4, 0.5) is 0 Å². The van der Waals surface area contributed by atoms with E-state index in [0.717, 1.165) is 38.5 Å². The predicted molar refractivity (Wildman–Crippen MR) is 183 cm³/mol. The molecular weight excluding hydrogens is 525 g/mol. The summed E-state index contributed by atoms with van der Waals surface area (Å²) in [5, 5.41) is 0.408. The first-order valence-electron chi connectivity index (χ1n) is 17.2. The molecule has 1 fully saturated rings. The third-order valence-corrected chi connectivity index (χ3v) is 19.2. The number of ether oxygens (including phenoxy) is 1. The van der Waals surface area contributed by atoms with Gasteiger partial charge in [0.05, 0.1) is 24.4 Å². The summed E-state index contributed by atoms with van der Waals surface area (Å²) >= 11 is 0. The minimum atomic E-state index is -1.89. The fourth-order valence-corrected chi connectivity index (χ4v) is 8.04. The van der Waals surface area contributed by atoms with Crippen LogP contribution in [0.15, 0.2) is 12.7 Å². The van der Waals surface area contributed by atoms with Crippen LogP contribution in [0.2, 0.25) is 36.3 Å².